The van der Waals surface area contributed by atoms with E-state index < -0.39 is 49.1 Å². The summed E-state index contributed by atoms with van der Waals surface area (Å²) in [5, 5.41) is 19.3. The molecule has 1 aromatic carbocycles. The van der Waals surface area contributed by atoms with Gasteiger partial charge >= 0.3 is 69.6 Å². The molecule has 3 heterocycles. The number of benzene rings is 1. The van der Waals surface area contributed by atoms with Crippen molar-refractivity contribution in [3.63, 3.8) is 0 Å². The molecular formula is C26H28F5KN4O4S. The summed E-state index contributed by atoms with van der Waals surface area (Å²) in [4.78, 5) is 20.6. The molecule has 218 valence electrons. The predicted octanol–water partition coefficient (Wildman–Crippen LogP) is 2.00. The molecule has 0 amide bonds. The van der Waals surface area contributed by atoms with E-state index in [4.69, 9.17) is 5.11 Å². The first-order chi connectivity index (χ1) is 18.5. The third-order valence-electron chi connectivity index (χ3n) is 5.68. The van der Waals surface area contributed by atoms with Crippen LogP contribution < -0.4 is 61.4 Å². The molecule has 5 rings (SSSR count). The number of carboxylic acids is 1. The average Bonchev–Trinajstić information content (AvgIpc) is 3.56. The van der Waals surface area contributed by atoms with Crippen LogP contribution in [0.25, 0.3) is 11.0 Å². The van der Waals surface area contributed by atoms with E-state index in [1.165, 1.54) is 36.2 Å². The SMILES string of the molecule is CC(C)(C)[O-].O=C(O)Cc1cc(CSc2ncc3c(n2)c(N2CC(F)(F)OC(F)(F)C2)cn3C2CC2)ccc1F.[K+]. The van der Waals surface area contributed by atoms with Crippen molar-refractivity contribution >= 4 is 34.5 Å². The summed E-state index contributed by atoms with van der Waals surface area (Å²) in [5.74, 6) is -1.50. The second-order valence-electron chi connectivity index (χ2n) is 10.7. The number of aromatic nitrogens is 3. The minimum absolute atomic E-state index is 0. The first-order valence-corrected chi connectivity index (χ1v) is 13.4. The number of morpholine rings is 1. The molecule has 0 atom stereocenters. The number of thioether (sulfide) groups is 1. The number of carboxylic acid groups (broad SMARTS) is 1. The van der Waals surface area contributed by atoms with Crippen LogP contribution in [0.1, 0.15) is 50.8 Å². The van der Waals surface area contributed by atoms with Crippen LogP contribution in [0, 0.1) is 5.82 Å². The first-order valence-electron chi connectivity index (χ1n) is 12.4. The summed E-state index contributed by atoms with van der Waals surface area (Å²) in [6.07, 6.45) is -3.69. The Bertz CT molecular complexity index is 1380. The van der Waals surface area contributed by atoms with E-state index in [1.54, 1.807) is 27.0 Å². The average molecular weight is 627 g/mol. The van der Waals surface area contributed by atoms with Gasteiger partial charge in [0.05, 0.1) is 23.8 Å². The van der Waals surface area contributed by atoms with Gasteiger partial charge in [0, 0.05) is 18.0 Å². The molecule has 1 aliphatic carbocycles. The summed E-state index contributed by atoms with van der Waals surface area (Å²) in [6, 6.07) is 4.27. The van der Waals surface area contributed by atoms with E-state index in [2.05, 4.69) is 14.7 Å². The van der Waals surface area contributed by atoms with Gasteiger partial charge in [-0.2, -0.15) is 17.6 Å². The number of rotatable bonds is 7. The van der Waals surface area contributed by atoms with E-state index in [0.29, 0.717) is 11.1 Å². The van der Waals surface area contributed by atoms with E-state index in [0.717, 1.165) is 17.7 Å². The van der Waals surface area contributed by atoms with Crippen molar-refractivity contribution in [2.45, 2.75) is 74.8 Å². The molecule has 15 heteroatoms. The van der Waals surface area contributed by atoms with E-state index in [9.17, 15) is 31.9 Å². The fourth-order valence-electron chi connectivity index (χ4n) is 4.07. The topological polar surface area (TPSA) is 104 Å². The zero-order chi connectivity index (χ0) is 29.5. The molecule has 1 N–H and O–H groups in total. The Morgan fingerprint density at radius 1 is 1.20 bits per heavy atom. The number of halogens is 5. The molecule has 1 saturated carbocycles. The van der Waals surface area contributed by atoms with Crippen molar-refractivity contribution in [2.75, 3.05) is 18.0 Å². The molecule has 1 aliphatic heterocycles. The summed E-state index contributed by atoms with van der Waals surface area (Å²) in [6.45, 7) is 2.81. The van der Waals surface area contributed by atoms with Gasteiger partial charge in [0.15, 0.2) is 5.16 Å². The number of carbonyl (C=O) groups is 1. The van der Waals surface area contributed by atoms with Crippen molar-refractivity contribution in [1.82, 2.24) is 14.5 Å². The van der Waals surface area contributed by atoms with Crippen LogP contribution in [0.3, 0.4) is 0 Å². The first kappa shape index (κ1) is 34.2. The van der Waals surface area contributed by atoms with Crippen molar-refractivity contribution < 1.29 is 93.1 Å². The molecular weight excluding hydrogens is 598 g/mol. The Labute approximate surface area is 280 Å². The molecule has 0 radical (unpaired) electrons. The normalized spacial score (nSPS) is 17.9. The van der Waals surface area contributed by atoms with E-state index in [1.807, 2.05) is 4.57 Å². The van der Waals surface area contributed by atoms with Gasteiger partial charge in [0.1, 0.15) is 24.4 Å². The number of hydrogen-bond donors (Lipinski definition) is 1. The van der Waals surface area contributed by atoms with E-state index >= 15 is 0 Å². The number of fused-ring (bicyclic) bond motifs is 1. The third-order valence-corrected chi connectivity index (χ3v) is 6.61. The van der Waals surface area contributed by atoms with Gasteiger partial charge in [0.25, 0.3) is 0 Å². The standard InChI is InChI=1S/C22H19F5N4O3S.C4H9O.K/c23-15-4-1-12(5-13(15)6-18(32)33)9-35-20-28-7-16-19(29-20)17(8-31(16)14-2-3-14)30-10-21(24,25)34-22(26,27)11-30;1-4(2,3)5;/h1,4-5,7-8,14H,2-3,6,9-11H2,(H,32,33);1-3H3;/q;-1;+1. The van der Waals surface area contributed by atoms with Crippen molar-refractivity contribution in [3.8, 4) is 0 Å². The molecule has 1 saturated heterocycles. The predicted molar refractivity (Wildman–Crippen MR) is 136 cm³/mol. The van der Waals surface area contributed by atoms with Crippen molar-refractivity contribution in [3.05, 3.63) is 47.5 Å². The van der Waals surface area contributed by atoms with Gasteiger partial charge in [0.2, 0.25) is 0 Å². The maximum atomic E-state index is 13.9. The molecule has 0 bridgehead atoms. The maximum absolute atomic E-state index is 13.9. The van der Waals surface area contributed by atoms with Gasteiger partial charge in [-0.3, -0.25) is 9.53 Å². The Hall–Kier alpha value is -1.33. The Balaban J connectivity index is 0.000000711. The van der Waals surface area contributed by atoms with Gasteiger partial charge in [-0.25, -0.2) is 14.4 Å². The van der Waals surface area contributed by atoms with Crippen molar-refractivity contribution in [2.24, 2.45) is 0 Å². The van der Waals surface area contributed by atoms with E-state index in [-0.39, 0.29) is 85.1 Å². The van der Waals surface area contributed by atoms with Gasteiger partial charge in [-0.15, -0.1) is 5.60 Å². The zero-order valence-electron chi connectivity index (χ0n) is 23.0. The second-order valence-corrected chi connectivity index (χ2v) is 11.6. The van der Waals surface area contributed by atoms with Crippen LogP contribution >= 0.6 is 11.8 Å². The quantitative estimate of drug-likeness (QED) is 0.184. The number of aliphatic carboxylic acids is 1. The van der Waals surface area contributed by atoms with Gasteiger partial charge < -0.3 is 19.7 Å². The molecule has 2 aliphatic rings. The van der Waals surface area contributed by atoms with Crippen LogP contribution in [0.4, 0.5) is 27.6 Å². The van der Waals surface area contributed by atoms with Crippen LogP contribution in [-0.4, -0.2) is 56.5 Å². The van der Waals surface area contributed by atoms with Crippen molar-refractivity contribution in [1.29, 1.82) is 0 Å². The fraction of sp³-hybridized carbons (Fsp3) is 0.500. The molecule has 41 heavy (non-hydrogen) atoms. The molecule has 0 unspecified atom stereocenters. The number of anilines is 1. The largest absolute Gasteiger partial charge is 1.00 e. The minimum Gasteiger partial charge on any atom is -0.850 e. The monoisotopic (exact) mass is 626 g/mol. The number of hydrogen-bond acceptors (Lipinski definition) is 7. The zero-order valence-corrected chi connectivity index (χ0v) is 26.9. The smallest absolute Gasteiger partial charge is 0.850 e. The van der Waals surface area contributed by atoms with Crippen LogP contribution in [0.5, 0.6) is 0 Å². The van der Waals surface area contributed by atoms with Gasteiger partial charge in [-0.05, 0) is 30.0 Å². The fourth-order valence-corrected chi connectivity index (χ4v) is 4.83. The summed E-state index contributed by atoms with van der Waals surface area (Å²) in [5.41, 5.74) is 0.901. The van der Waals surface area contributed by atoms with Crippen LogP contribution in [-0.2, 0) is 21.7 Å². The second kappa shape index (κ2) is 13.1. The maximum Gasteiger partial charge on any atom is 1.00 e. The number of alkyl halides is 4. The molecule has 2 fully saturated rings. The number of nitrogens with zero attached hydrogens (tertiary/aromatic N) is 4. The number of ether oxygens (including phenoxy) is 1. The Morgan fingerprint density at radius 3 is 2.37 bits per heavy atom. The summed E-state index contributed by atoms with van der Waals surface area (Å²) in [7, 11) is 0. The minimum atomic E-state index is -4.03. The van der Waals surface area contributed by atoms with Crippen LogP contribution in [0.15, 0.2) is 35.7 Å². The molecule has 8 nitrogen and oxygen atoms in total. The molecule has 0 spiro atoms. The Kier molecular flexibility index (Phi) is 10.9. The van der Waals surface area contributed by atoms with Crippen LogP contribution in [0.2, 0.25) is 0 Å². The molecule has 2 aromatic heterocycles. The van der Waals surface area contributed by atoms with Gasteiger partial charge in [-0.1, -0.05) is 44.7 Å². The summed E-state index contributed by atoms with van der Waals surface area (Å²) >= 11 is 1.17. The molecule has 3 aromatic rings. The summed E-state index contributed by atoms with van der Waals surface area (Å²) < 4.78 is 74.9. The third kappa shape index (κ3) is 9.84. The Morgan fingerprint density at radius 2 is 1.80 bits per heavy atom.